The van der Waals surface area contributed by atoms with Crippen LogP contribution >= 0.6 is 0 Å². The molecule has 0 bridgehead atoms. The molecule has 3 heterocycles. The third-order valence-corrected chi connectivity index (χ3v) is 6.44. The molecule has 2 fully saturated rings. The minimum atomic E-state index is -2.61. The third kappa shape index (κ3) is 4.46. The monoisotopic (exact) mass is 435 g/mol. The second-order valence-corrected chi connectivity index (χ2v) is 8.60. The van der Waals surface area contributed by atoms with Crippen LogP contribution in [0.2, 0.25) is 0 Å². The van der Waals surface area contributed by atoms with Gasteiger partial charge in [0.25, 0.3) is 5.92 Å². The van der Waals surface area contributed by atoms with Crippen LogP contribution in [0.15, 0.2) is 12.1 Å². The lowest BCUT2D eigenvalue weighted by Crippen LogP contribution is -2.43. The molecule has 2 aromatic rings. The first-order valence-corrected chi connectivity index (χ1v) is 10.8. The highest BCUT2D eigenvalue weighted by Gasteiger charge is 2.35. The highest BCUT2D eigenvalue weighted by Crippen LogP contribution is 2.38. The Kier molecular flexibility index (Phi) is 6.05. The van der Waals surface area contributed by atoms with Crippen molar-refractivity contribution >= 4 is 22.7 Å². The Labute approximate surface area is 181 Å². The van der Waals surface area contributed by atoms with E-state index in [-0.39, 0.29) is 25.9 Å². The van der Waals surface area contributed by atoms with E-state index in [4.69, 9.17) is 19.4 Å². The summed E-state index contributed by atoms with van der Waals surface area (Å²) in [6.45, 7) is 2.24. The number of fused-ring (bicyclic) bond motifs is 1. The van der Waals surface area contributed by atoms with Gasteiger partial charge in [-0.25, -0.2) is 13.8 Å². The third-order valence-electron chi connectivity index (χ3n) is 6.44. The van der Waals surface area contributed by atoms with E-state index in [0.29, 0.717) is 23.5 Å². The Balaban J connectivity index is 1.74. The van der Waals surface area contributed by atoms with Crippen molar-refractivity contribution in [1.29, 1.82) is 0 Å². The van der Waals surface area contributed by atoms with E-state index >= 15 is 0 Å². The Morgan fingerprint density at radius 2 is 1.55 bits per heavy atom. The minimum Gasteiger partial charge on any atom is -0.493 e. The van der Waals surface area contributed by atoms with Crippen LogP contribution in [0.1, 0.15) is 25.7 Å². The van der Waals surface area contributed by atoms with E-state index in [9.17, 15) is 8.78 Å². The van der Waals surface area contributed by atoms with Gasteiger partial charge in [-0.05, 0) is 33.0 Å². The van der Waals surface area contributed by atoms with Gasteiger partial charge in [0.1, 0.15) is 5.82 Å². The number of benzene rings is 1. The molecule has 0 radical (unpaired) electrons. The summed E-state index contributed by atoms with van der Waals surface area (Å²) < 4.78 is 38.4. The van der Waals surface area contributed by atoms with Gasteiger partial charge in [-0.1, -0.05) is 0 Å². The number of nitrogens with zero attached hydrogens (tertiary/aromatic N) is 5. The van der Waals surface area contributed by atoms with Gasteiger partial charge in [-0.2, -0.15) is 4.98 Å². The zero-order valence-electron chi connectivity index (χ0n) is 18.7. The lowest BCUT2D eigenvalue weighted by Gasteiger charge is -2.37. The number of hydrogen-bond donors (Lipinski definition) is 0. The molecule has 170 valence electrons. The normalized spacial score (nSPS) is 19.8. The average molecular weight is 436 g/mol. The summed E-state index contributed by atoms with van der Waals surface area (Å²) in [5.74, 6) is -0.0770. The molecule has 31 heavy (non-hydrogen) atoms. The topological polar surface area (TPSA) is 54.0 Å². The molecule has 2 aliphatic rings. The minimum absolute atomic E-state index is 0.177. The van der Waals surface area contributed by atoms with Crippen LogP contribution in [0.5, 0.6) is 11.5 Å². The maximum absolute atomic E-state index is 13.7. The summed E-state index contributed by atoms with van der Waals surface area (Å²) in [6.07, 6.45) is 1.72. The van der Waals surface area contributed by atoms with Crippen molar-refractivity contribution in [2.24, 2.45) is 0 Å². The number of alkyl halides is 2. The molecule has 0 saturated carbocycles. The number of piperidine rings is 2. The lowest BCUT2D eigenvalue weighted by atomic mass is 10.0. The highest BCUT2D eigenvalue weighted by molar-refractivity contribution is 5.93. The number of rotatable bonds is 5. The Hall–Kier alpha value is -2.42. The molecule has 0 aliphatic carbocycles. The summed E-state index contributed by atoms with van der Waals surface area (Å²) in [5.41, 5.74) is 0.727. The summed E-state index contributed by atoms with van der Waals surface area (Å²) in [7, 11) is 7.42. The molecule has 0 atom stereocenters. The zero-order chi connectivity index (χ0) is 22.2. The van der Waals surface area contributed by atoms with Crippen LogP contribution < -0.4 is 19.3 Å². The Morgan fingerprint density at radius 3 is 2.13 bits per heavy atom. The standard InChI is InChI=1S/C22H31F2N5O2/c1-27(2)15-5-9-28(10-6-15)20-16-13-18(30-3)19(31-4)14-17(16)25-21(26-20)29-11-7-22(23,24)8-12-29/h13-15H,5-12H2,1-4H3. The fourth-order valence-electron chi connectivity index (χ4n) is 4.44. The number of ether oxygens (including phenoxy) is 2. The Bertz CT molecular complexity index is 922. The van der Waals surface area contributed by atoms with Crippen molar-refractivity contribution < 1.29 is 18.3 Å². The largest absolute Gasteiger partial charge is 0.493 e. The van der Waals surface area contributed by atoms with Crippen LogP contribution in [0, 0.1) is 0 Å². The number of hydrogen-bond acceptors (Lipinski definition) is 7. The highest BCUT2D eigenvalue weighted by atomic mass is 19.3. The molecule has 0 amide bonds. The van der Waals surface area contributed by atoms with Gasteiger partial charge < -0.3 is 24.2 Å². The van der Waals surface area contributed by atoms with Gasteiger partial charge in [0, 0.05) is 56.5 Å². The molecule has 2 aliphatic heterocycles. The van der Waals surface area contributed by atoms with Crippen LogP contribution in [-0.2, 0) is 0 Å². The van der Waals surface area contributed by atoms with Crippen molar-refractivity contribution in [3.63, 3.8) is 0 Å². The van der Waals surface area contributed by atoms with Crippen LogP contribution in [0.3, 0.4) is 0 Å². The molecule has 4 rings (SSSR count). The maximum atomic E-state index is 13.7. The first-order chi connectivity index (χ1) is 14.8. The number of methoxy groups -OCH3 is 2. The first-order valence-electron chi connectivity index (χ1n) is 10.8. The molecule has 2 saturated heterocycles. The predicted molar refractivity (Wildman–Crippen MR) is 118 cm³/mol. The van der Waals surface area contributed by atoms with Gasteiger partial charge in [0.15, 0.2) is 11.5 Å². The van der Waals surface area contributed by atoms with Crippen molar-refractivity contribution in [3.8, 4) is 11.5 Å². The quantitative estimate of drug-likeness (QED) is 0.713. The average Bonchev–Trinajstić information content (AvgIpc) is 2.77. The number of aromatic nitrogens is 2. The molecule has 7 nitrogen and oxygen atoms in total. The van der Waals surface area contributed by atoms with E-state index in [1.54, 1.807) is 14.2 Å². The first kappa shape index (κ1) is 21.8. The van der Waals surface area contributed by atoms with Crippen molar-refractivity contribution in [3.05, 3.63) is 12.1 Å². The molecule has 0 unspecified atom stereocenters. The van der Waals surface area contributed by atoms with Gasteiger partial charge in [0.05, 0.1) is 19.7 Å². The van der Waals surface area contributed by atoms with Crippen LogP contribution in [0.25, 0.3) is 10.9 Å². The summed E-state index contributed by atoms with van der Waals surface area (Å²) in [5, 5.41) is 0.882. The summed E-state index contributed by atoms with van der Waals surface area (Å²) in [6, 6.07) is 4.30. The predicted octanol–water partition coefficient (Wildman–Crippen LogP) is 3.41. The van der Waals surface area contributed by atoms with E-state index in [0.717, 1.165) is 42.7 Å². The van der Waals surface area contributed by atoms with Gasteiger partial charge in [-0.3, -0.25) is 0 Å². The van der Waals surface area contributed by atoms with Gasteiger partial charge >= 0.3 is 0 Å². The molecular formula is C22H31F2N5O2. The SMILES string of the molecule is COc1cc2nc(N3CCC(F)(F)CC3)nc(N3CCC(N(C)C)CC3)c2cc1OC. The molecular weight excluding hydrogens is 404 g/mol. The molecule has 9 heteroatoms. The van der Waals surface area contributed by atoms with E-state index in [1.165, 1.54) is 0 Å². The maximum Gasteiger partial charge on any atom is 0.251 e. The second kappa shape index (κ2) is 8.61. The van der Waals surface area contributed by atoms with E-state index < -0.39 is 5.92 Å². The van der Waals surface area contributed by atoms with Crippen molar-refractivity contribution in [1.82, 2.24) is 14.9 Å². The molecule has 0 N–H and O–H groups in total. The molecule has 0 spiro atoms. The second-order valence-electron chi connectivity index (χ2n) is 8.60. The van der Waals surface area contributed by atoms with Crippen LogP contribution in [0.4, 0.5) is 20.5 Å². The van der Waals surface area contributed by atoms with Crippen molar-refractivity contribution in [2.75, 3.05) is 64.3 Å². The zero-order valence-corrected chi connectivity index (χ0v) is 18.7. The number of anilines is 2. The van der Waals surface area contributed by atoms with E-state index in [2.05, 4.69) is 23.9 Å². The molecule has 1 aromatic heterocycles. The summed E-state index contributed by atoms with van der Waals surface area (Å²) >= 11 is 0. The fraction of sp³-hybridized carbons (Fsp3) is 0.636. The van der Waals surface area contributed by atoms with Gasteiger partial charge in [-0.15, -0.1) is 0 Å². The van der Waals surface area contributed by atoms with Gasteiger partial charge in [0.2, 0.25) is 5.95 Å². The smallest absolute Gasteiger partial charge is 0.251 e. The Morgan fingerprint density at radius 1 is 0.935 bits per heavy atom. The van der Waals surface area contributed by atoms with Crippen LogP contribution in [-0.4, -0.2) is 81.3 Å². The van der Waals surface area contributed by atoms with E-state index in [1.807, 2.05) is 17.0 Å². The summed E-state index contributed by atoms with van der Waals surface area (Å²) in [4.78, 5) is 16.0. The van der Waals surface area contributed by atoms with Crippen molar-refractivity contribution in [2.45, 2.75) is 37.6 Å². The number of halogens is 2. The fourth-order valence-corrected chi connectivity index (χ4v) is 4.44. The lowest BCUT2D eigenvalue weighted by molar-refractivity contribution is -0.0222. The molecule has 1 aromatic carbocycles.